The van der Waals surface area contributed by atoms with Crippen LogP contribution in [0, 0.1) is 11.8 Å². The number of piperidine rings is 1. The molecule has 2 aliphatic heterocycles. The van der Waals surface area contributed by atoms with Gasteiger partial charge in [0.2, 0.25) is 0 Å². The van der Waals surface area contributed by atoms with Crippen LogP contribution in [0.25, 0.3) is 0 Å². The molecule has 0 atom stereocenters. The van der Waals surface area contributed by atoms with Crippen LogP contribution in [0.15, 0.2) is 60.4 Å². The van der Waals surface area contributed by atoms with Crippen LogP contribution in [-0.2, 0) is 0 Å². The first-order valence-electron chi connectivity index (χ1n) is 13.4. The normalized spacial score (nSPS) is 18.1. The molecule has 0 aliphatic carbocycles. The Morgan fingerprint density at radius 1 is 1.12 bits per heavy atom. The number of alkyl halides is 1. The average Bonchev–Trinajstić information content (AvgIpc) is 3.22. The van der Waals surface area contributed by atoms with Crippen LogP contribution in [0.5, 0.6) is 0 Å². The summed E-state index contributed by atoms with van der Waals surface area (Å²) < 4.78 is 10.3. The number of nitrogens with zero attached hydrogens (tertiary/aromatic N) is 2. The summed E-state index contributed by atoms with van der Waals surface area (Å²) in [7, 11) is 0. The van der Waals surface area contributed by atoms with Crippen molar-refractivity contribution in [1.29, 1.82) is 0 Å². The molecule has 2 nitrogen and oxygen atoms in total. The number of allylic oxidation sites excluding steroid dienone is 5. The number of hydrogen-bond donors (Lipinski definition) is 0. The van der Waals surface area contributed by atoms with Gasteiger partial charge in [0.15, 0.2) is 0 Å². The van der Waals surface area contributed by atoms with Crippen LogP contribution in [-0.4, -0.2) is 49.2 Å². The maximum absolute atomic E-state index is 10.3. The van der Waals surface area contributed by atoms with Gasteiger partial charge >= 0.3 is 0 Å². The Balaban J connectivity index is 0.00000189. The van der Waals surface area contributed by atoms with E-state index in [0.29, 0.717) is 5.92 Å². The van der Waals surface area contributed by atoms with Crippen molar-refractivity contribution >= 4 is 0 Å². The highest BCUT2D eigenvalue weighted by molar-refractivity contribution is 5.51. The highest BCUT2D eigenvalue weighted by Crippen LogP contribution is 2.30. The van der Waals surface area contributed by atoms with Crippen LogP contribution in [0.4, 0.5) is 4.39 Å². The zero-order valence-electron chi connectivity index (χ0n) is 22.7. The number of rotatable bonds is 11. The molecular formula is C30H53FN2. The first kappa shape index (κ1) is 31.4. The quantitative estimate of drug-likeness (QED) is 0.286. The maximum atomic E-state index is 10.3. The zero-order chi connectivity index (χ0) is 25.1. The molecule has 1 saturated heterocycles. The van der Waals surface area contributed by atoms with Gasteiger partial charge in [0, 0.05) is 19.3 Å². The van der Waals surface area contributed by atoms with Crippen molar-refractivity contribution in [2.45, 2.75) is 80.1 Å². The Kier molecular flexibility index (Phi) is 18.9. The lowest BCUT2D eigenvalue weighted by Gasteiger charge is -2.32. The van der Waals surface area contributed by atoms with E-state index in [4.69, 9.17) is 0 Å². The van der Waals surface area contributed by atoms with Gasteiger partial charge in [-0.1, -0.05) is 91.3 Å². The molecule has 0 radical (unpaired) electrons. The number of halogens is 1. The summed E-state index contributed by atoms with van der Waals surface area (Å²) in [5, 5.41) is 0. The zero-order valence-corrected chi connectivity index (χ0v) is 22.7. The largest absolute Gasteiger partial charge is 0.372 e. The molecule has 3 heteroatoms. The van der Waals surface area contributed by atoms with Crippen LogP contribution >= 0.6 is 0 Å². The topological polar surface area (TPSA) is 6.48 Å². The smallest absolute Gasteiger partial charge is 0.0866 e. The van der Waals surface area contributed by atoms with E-state index in [2.05, 4.69) is 62.1 Å². The maximum Gasteiger partial charge on any atom is 0.0866 e. The highest BCUT2D eigenvalue weighted by atomic mass is 19.1. The molecule has 0 saturated carbocycles. The van der Waals surface area contributed by atoms with Gasteiger partial charge in [-0.3, -0.25) is 4.39 Å². The van der Waals surface area contributed by atoms with Crippen LogP contribution in [0.1, 0.15) is 80.1 Å². The molecule has 2 heterocycles. The fraction of sp³-hybridized carbons (Fsp3) is 0.667. The van der Waals surface area contributed by atoms with E-state index in [9.17, 15) is 4.39 Å². The standard InChI is InChI=1S/C26H42N2.C2H5F.C2H6/c1-6-8-10-13-25-20-28(21-26(25)23(5)22(3)4)17-11-16-27-18-14-24(15-19-27)12-9-7-2;1-2-3;1-2/h6,8,10,13,21-22,24H,1,5,7,9,11-12,14-20H2,2-4H3;2H2,1H3;1-2H3/b10-8-,25-13+;;. The summed E-state index contributed by atoms with van der Waals surface area (Å²) >= 11 is 0. The molecular weight excluding hydrogens is 407 g/mol. The third-order valence-corrected chi connectivity index (χ3v) is 6.21. The molecule has 2 rings (SSSR count). The van der Waals surface area contributed by atoms with Gasteiger partial charge in [-0.2, -0.15) is 0 Å². The molecule has 0 unspecified atom stereocenters. The van der Waals surface area contributed by atoms with Gasteiger partial charge in [-0.05, 0) is 74.4 Å². The van der Waals surface area contributed by atoms with E-state index in [-0.39, 0.29) is 6.67 Å². The molecule has 0 spiro atoms. The molecule has 0 aromatic carbocycles. The second-order valence-corrected chi connectivity index (χ2v) is 9.05. The fourth-order valence-corrected chi connectivity index (χ4v) is 4.24. The van der Waals surface area contributed by atoms with Gasteiger partial charge < -0.3 is 9.80 Å². The van der Waals surface area contributed by atoms with Gasteiger partial charge in [0.25, 0.3) is 0 Å². The van der Waals surface area contributed by atoms with E-state index in [1.165, 1.54) is 81.8 Å². The third-order valence-electron chi connectivity index (χ3n) is 6.21. The molecule has 33 heavy (non-hydrogen) atoms. The summed E-state index contributed by atoms with van der Waals surface area (Å²) in [6.45, 7) is 26.1. The van der Waals surface area contributed by atoms with Crippen molar-refractivity contribution in [2.75, 3.05) is 39.4 Å². The van der Waals surface area contributed by atoms with E-state index < -0.39 is 0 Å². The van der Waals surface area contributed by atoms with Crippen molar-refractivity contribution in [3.63, 3.8) is 0 Å². The summed E-state index contributed by atoms with van der Waals surface area (Å²) in [5.74, 6) is 1.46. The predicted octanol–water partition coefficient (Wildman–Crippen LogP) is 8.36. The average molecular weight is 461 g/mol. The molecule has 0 bridgehead atoms. The number of hydrogen-bond acceptors (Lipinski definition) is 2. The molecule has 190 valence electrons. The van der Waals surface area contributed by atoms with Crippen LogP contribution in [0.2, 0.25) is 0 Å². The molecule has 2 aliphatic rings. The monoisotopic (exact) mass is 460 g/mol. The molecule has 0 aromatic heterocycles. The minimum Gasteiger partial charge on any atom is -0.372 e. The molecule has 0 N–H and O–H groups in total. The summed E-state index contributed by atoms with van der Waals surface area (Å²) in [5.41, 5.74) is 3.96. The number of likely N-dealkylation sites (tertiary alicyclic amines) is 1. The van der Waals surface area contributed by atoms with Crippen molar-refractivity contribution in [3.05, 3.63) is 60.4 Å². The first-order valence-corrected chi connectivity index (χ1v) is 13.4. The van der Waals surface area contributed by atoms with Gasteiger partial charge in [-0.25, -0.2) is 0 Å². The second-order valence-electron chi connectivity index (χ2n) is 9.05. The predicted molar refractivity (Wildman–Crippen MR) is 147 cm³/mol. The van der Waals surface area contributed by atoms with E-state index >= 15 is 0 Å². The third kappa shape index (κ3) is 13.0. The summed E-state index contributed by atoms with van der Waals surface area (Å²) in [6.07, 6.45) is 18.7. The Hall–Kier alpha value is -1.61. The number of unbranched alkanes of at least 4 members (excludes halogenated alkanes) is 1. The Morgan fingerprint density at radius 2 is 1.76 bits per heavy atom. The van der Waals surface area contributed by atoms with Gasteiger partial charge in [-0.15, -0.1) is 0 Å². The molecule has 0 amide bonds. The Morgan fingerprint density at radius 3 is 2.30 bits per heavy atom. The summed E-state index contributed by atoms with van der Waals surface area (Å²) in [4.78, 5) is 5.16. The van der Waals surface area contributed by atoms with Gasteiger partial charge in [0.05, 0.1) is 6.67 Å². The van der Waals surface area contributed by atoms with Crippen LogP contribution in [0.3, 0.4) is 0 Å². The van der Waals surface area contributed by atoms with E-state index in [1.807, 2.05) is 26.0 Å². The SMILES string of the molecule is C=C/C=C\C=C1/CN(CCCN2CCC(CCCC)CC2)C=C1C(=C)C(C)C.CC.CCF. The lowest BCUT2D eigenvalue weighted by Crippen LogP contribution is -2.35. The minimum absolute atomic E-state index is 0.250. The van der Waals surface area contributed by atoms with Crippen molar-refractivity contribution < 1.29 is 4.39 Å². The van der Waals surface area contributed by atoms with Crippen molar-refractivity contribution in [3.8, 4) is 0 Å². The molecule has 1 fully saturated rings. The summed E-state index contributed by atoms with van der Waals surface area (Å²) in [6, 6.07) is 0. The fourth-order valence-electron chi connectivity index (χ4n) is 4.24. The lowest BCUT2D eigenvalue weighted by molar-refractivity contribution is 0.172. The van der Waals surface area contributed by atoms with Crippen LogP contribution < -0.4 is 0 Å². The molecule has 0 aromatic rings. The lowest BCUT2D eigenvalue weighted by atomic mass is 9.91. The first-order chi connectivity index (χ1) is 16.0. The highest BCUT2D eigenvalue weighted by Gasteiger charge is 2.22. The van der Waals surface area contributed by atoms with Crippen molar-refractivity contribution in [2.24, 2.45) is 11.8 Å². The van der Waals surface area contributed by atoms with Crippen molar-refractivity contribution in [1.82, 2.24) is 9.80 Å². The van der Waals surface area contributed by atoms with E-state index in [0.717, 1.165) is 19.0 Å². The second kappa shape index (κ2) is 19.8. The van der Waals surface area contributed by atoms with Gasteiger partial charge in [0.1, 0.15) is 0 Å². The van der Waals surface area contributed by atoms with E-state index in [1.54, 1.807) is 0 Å². The minimum atomic E-state index is -0.250. The Bertz CT molecular complexity index is 607. The Labute approximate surface area is 206 Å².